The summed E-state index contributed by atoms with van der Waals surface area (Å²) in [5, 5.41) is 8.96. The Hall–Kier alpha value is -1.12. The number of rotatable bonds is 2. The quantitative estimate of drug-likeness (QED) is 0.799. The molecule has 0 radical (unpaired) electrons. The second-order valence-electron chi connectivity index (χ2n) is 4.47. The van der Waals surface area contributed by atoms with E-state index in [0.717, 1.165) is 18.4 Å². The topological polar surface area (TPSA) is 46.2 Å². The third-order valence-electron chi connectivity index (χ3n) is 3.22. The monoisotopic (exact) mass is 217 g/mol. The minimum absolute atomic E-state index is 0.108. The molecule has 2 heteroatoms. The lowest BCUT2D eigenvalue weighted by Gasteiger charge is -2.21. The average molecular weight is 217 g/mol. The summed E-state index contributed by atoms with van der Waals surface area (Å²) in [7, 11) is 0. The molecule has 1 aromatic carbocycles. The molecule has 2 nitrogen and oxygen atoms in total. The highest BCUT2D eigenvalue weighted by atomic mass is 16.3. The molecule has 1 fully saturated rings. The summed E-state index contributed by atoms with van der Waals surface area (Å²) in [6.07, 6.45) is 6.95. The van der Waals surface area contributed by atoms with Crippen molar-refractivity contribution in [3.63, 3.8) is 0 Å². The van der Waals surface area contributed by atoms with Gasteiger partial charge >= 0.3 is 0 Å². The molecule has 1 saturated carbocycles. The highest BCUT2D eigenvalue weighted by Gasteiger charge is 2.13. The normalized spacial score (nSPS) is 23.6. The third-order valence-corrected chi connectivity index (χ3v) is 3.22. The first kappa shape index (κ1) is 11.4. The Morgan fingerprint density at radius 3 is 2.62 bits per heavy atom. The Morgan fingerprint density at radius 1 is 1.25 bits per heavy atom. The van der Waals surface area contributed by atoms with Crippen molar-refractivity contribution in [2.45, 2.75) is 38.3 Å². The Kier molecular flexibility index (Phi) is 3.75. The molecule has 0 saturated heterocycles. The van der Waals surface area contributed by atoms with Gasteiger partial charge in [0.2, 0.25) is 0 Å². The summed E-state index contributed by atoms with van der Waals surface area (Å²) < 4.78 is 0. The van der Waals surface area contributed by atoms with E-state index >= 15 is 0 Å². The van der Waals surface area contributed by atoms with E-state index < -0.39 is 0 Å². The minimum atomic E-state index is 0.108. The van der Waals surface area contributed by atoms with Crippen LogP contribution in [0.4, 0.5) is 0 Å². The van der Waals surface area contributed by atoms with Crippen LogP contribution in [-0.4, -0.2) is 11.1 Å². The number of hydrogen-bond donors (Lipinski definition) is 2. The molecule has 16 heavy (non-hydrogen) atoms. The second kappa shape index (κ2) is 5.28. The molecule has 0 heterocycles. The van der Waals surface area contributed by atoms with Crippen LogP contribution in [0.3, 0.4) is 0 Å². The fourth-order valence-electron chi connectivity index (χ4n) is 2.18. The van der Waals surface area contributed by atoms with Crippen LogP contribution in [0.2, 0.25) is 0 Å². The van der Waals surface area contributed by atoms with Crippen molar-refractivity contribution in [3.8, 4) is 0 Å². The van der Waals surface area contributed by atoms with Gasteiger partial charge < -0.3 is 10.8 Å². The molecule has 1 aliphatic rings. The number of aliphatic hydroxyl groups is 1. The third kappa shape index (κ3) is 2.71. The zero-order valence-electron chi connectivity index (χ0n) is 9.52. The van der Waals surface area contributed by atoms with Crippen LogP contribution >= 0.6 is 0 Å². The van der Waals surface area contributed by atoms with Crippen molar-refractivity contribution < 1.29 is 5.11 Å². The van der Waals surface area contributed by atoms with Crippen molar-refractivity contribution in [2.24, 2.45) is 5.73 Å². The molecule has 2 rings (SSSR count). The summed E-state index contributed by atoms with van der Waals surface area (Å²) in [6, 6.07) is 8.24. The van der Waals surface area contributed by atoms with E-state index in [1.54, 1.807) is 0 Å². The highest BCUT2D eigenvalue weighted by molar-refractivity contribution is 5.54. The molecule has 0 bridgehead atoms. The summed E-state index contributed by atoms with van der Waals surface area (Å²) in [5.74, 6) is 0. The van der Waals surface area contributed by atoms with Crippen molar-refractivity contribution in [2.75, 3.05) is 0 Å². The molecule has 0 spiro atoms. The molecule has 1 atom stereocenters. The molecule has 86 valence electrons. The molecular formula is C14H19NO. The molecule has 1 unspecified atom stereocenters. The number of hydrogen-bond acceptors (Lipinski definition) is 2. The van der Waals surface area contributed by atoms with Crippen LogP contribution in [0.25, 0.3) is 6.08 Å². The Balaban J connectivity index is 2.14. The van der Waals surface area contributed by atoms with E-state index in [1.165, 1.54) is 24.0 Å². The van der Waals surface area contributed by atoms with Crippen molar-refractivity contribution in [1.29, 1.82) is 0 Å². The first-order chi connectivity index (χ1) is 7.79. The van der Waals surface area contributed by atoms with Gasteiger partial charge in [0.25, 0.3) is 0 Å². The number of benzene rings is 1. The van der Waals surface area contributed by atoms with Gasteiger partial charge in [-0.05, 0) is 30.4 Å². The lowest BCUT2D eigenvalue weighted by atomic mass is 9.89. The minimum Gasteiger partial charge on any atom is -0.392 e. The smallest absolute Gasteiger partial charge is 0.0681 e. The van der Waals surface area contributed by atoms with Crippen LogP contribution in [0.5, 0.6) is 0 Å². The molecule has 1 aliphatic carbocycles. The summed E-state index contributed by atoms with van der Waals surface area (Å²) in [4.78, 5) is 0. The Morgan fingerprint density at radius 2 is 2.00 bits per heavy atom. The van der Waals surface area contributed by atoms with Gasteiger partial charge in [-0.25, -0.2) is 0 Å². The fourth-order valence-corrected chi connectivity index (χ4v) is 2.18. The predicted molar refractivity (Wildman–Crippen MR) is 66.8 cm³/mol. The Bertz CT molecular complexity index is 367. The summed E-state index contributed by atoms with van der Waals surface area (Å²) >= 11 is 0. The lowest BCUT2D eigenvalue weighted by molar-refractivity contribution is 0.282. The van der Waals surface area contributed by atoms with Gasteiger partial charge in [-0.15, -0.1) is 0 Å². The summed E-state index contributed by atoms with van der Waals surface area (Å²) in [5.41, 5.74) is 9.58. The maximum atomic E-state index is 8.96. The van der Waals surface area contributed by atoms with Crippen LogP contribution in [0.1, 0.15) is 36.8 Å². The van der Waals surface area contributed by atoms with E-state index in [1.807, 2.05) is 24.3 Å². The van der Waals surface area contributed by atoms with E-state index in [-0.39, 0.29) is 12.6 Å². The van der Waals surface area contributed by atoms with Crippen LogP contribution in [0, 0.1) is 0 Å². The molecule has 3 N–H and O–H groups in total. The molecule has 0 aromatic heterocycles. The van der Waals surface area contributed by atoms with Crippen molar-refractivity contribution in [3.05, 3.63) is 41.0 Å². The first-order valence-electron chi connectivity index (χ1n) is 5.95. The number of nitrogens with two attached hydrogens (primary N) is 1. The van der Waals surface area contributed by atoms with Gasteiger partial charge in [-0.2, -0.15) is 0 Å². The molecule has 1 aromatic rings. The largest absolute Gasteiger partial charge is 0.392 e. The molecule has 0 amide bonds. The van der Waals surface area contributed by atoms with E-state index in [2.05, 4.69) is 6.08 Å². The van der Waals surface area contributed by atoms with Crippen molar-refractivity contribution >= 4 is 6.08 Å². The Labute approximate surface area is 96.8 Å². The van der Waals surface area contributed by atoms with Crippen LogP contribution in [0.15, 0.2) is 29.8 Å². The lowest BCUT2D eigenvalue weighted by Crippen LogP contribution is -2.25. The standard InChI is InChI=1S/C14H19NO/c15-14-4-2-1-3-13(14)9-11-5-7-12(10-16)8-6-11/h5-9,14,16H,1-4,10,15H2/b13-9-. The second-order valence-corrected chi connectivity index (χ2v) is 4.47. The predicted octanol–water partition coefficient (Wildman–Crippen LogP) is 2.46. The zero-order valence-corrected chi connectivity index (χ0v) is 9.52. The number of aliphatic hydroxyl groups excluding tert-OH is 1. The maximum absolute atomic E-state index is 8.96. The SMILES string of the molecule is NC1CCCC/C1=C/c1ccc(CO)cc1. The molecule has 0 aliphatic heterocycles. The van der Waals surface area contributed by atoms with Gasteiger partial charge in [0, 0.05) is 6.04 Å². The van der Waals surface area contributed by atoms with E-state index in [4.69, 9.17) is 10.8 Å². The van der Waals surface area contributed by atoms with Gasteiger partial charge in [-0.3, -0.25) is 0 Å². The molecular weight excluding hydrogens is 198 g/mol. The van der Waals surface area contributed by atoms with Crippen LogP contribution in [-0.2, 0) is 6.61 Å². The van der Waals surface area contributed by atoms with Gasteiger partial charge in [0.15, 0.2) is 0 Å². The van der Waals surface area contributed by atoms with Gasteiger partial charge in [0.1, 0.15) is 0 Å². The highest BCUT2D eigenvalue weighted by Crippen LogP contribution is 2.24. The average Bonchev–Trinajstić information content (AvgIpc) is 2.33. The van der Waals surface area contributed by atoms with Crippen molar-refractivity contribution in [1.82, 2.24) is 0 Å². The van der Waals surface area contributed by atoms with Crippen LogP contribution < -0.4 is 5.73 Å². The zero-order chi connectivity index (χ0) is 11.4. The fraction of sp³-hybridized carbons (Fsp3) is 0.429. The first-order valence-corrected chi connectivity index (χ1v) is 5.95. The van der Waals surface area contributed by atoms with E-state index in [9.17, 15) is 0 Å². The van der Waals surface area contributed by atoms with Gasteiger partial charge in [0.05, 0.1) is 6.61 Å². The summed E-state index contributed by atoms with van der Waals surface area (Å²) in [6.45, 7) is 0.108. The van der Waals surface area contributed by atoms with Gasteiger partial charge in [-0.1, -0.05) is 42.3 Å². The van der Waals surface area contributed by atoms with E-state index in [0.29, 0.717) is 0 Å². The maximum Gasteiger partial charge on any atom is 0.0681 e.